The van der Waals surface area contributed by atoms with E-state index in [0.29, 0.717) is 0 Å². The molecule has 0 bridgehead atoms. The number of carbonyl (C=O) groups is 1. The zero-order chi connectivity index (χ0) is 12.5. The fourth-order valence-corrected chi connectivity index (χ4v) is 1.20. The molecule has 0 saturated carbocycles. The summed E-state index contributed by atoms with van der Waals surface area (Å²) < 4.78 is 50.1. The predicted molar refractivity (Wildman–Crippen MR) is 54.8 cm³/mol. The van der Waals surface area contributed by atoms with E-state index >= 15 is 0 Å². The van der Waals surface area contributed by atoms with Crippen LogP contribution in [0, 0.1) is 5.82 Å². The molecule has 0 aromatic heterocycles. The van der Waals surface area contributed by atoms with Crippen LogP contribution in [0.1, 0.15) is 17.2 Å². The van der Waals surface area contributed by atoms with E-state index in [4.69, 9.17) is 11.5 Å². The summed E-state index contributed by atoms with van der Waals surface area (Å²) in [6, 6.07) is 0.247. The van der Waals surface area contributed by atoms with Crippen molar-refractivity contribution < 1.29 is 22.4 Å². The van der Waals surface area contributed by atoms with Crippen LogP contribution in [-0.2, 0) is 11.0 Å². The van der Waals surface area contributed by atoms with Gasteiger partial charge in [0, 0.05) is 0 Å². The Balaban J connectivity index is 0.00000256. The molecular formula is C9H9ClF4N2O. The molecule has 17 heavy (non-hydrogen) atoms. The molecule has 96 valence electrons. The van der Waals surface area contributed by atoms with Crippen molar-refractivity contribution in [3.8, 4) is 0 Å². The van der Waals surface area contributed by atoms with Crippen LogP contribution in [0.4, 0.5) is 17.6 Å². The fourth-order valence-electron chi connectivity index (χ4n) is 1.20. The highest BCUT2D eigenvalue weighted by Crippen LogP contribution is 2.34. The van der Waals surface area contributed by atoms with Gasteiger partial charge in [-0.3, -0.25) is 4.79 Å². The van der Waals surface area contributed by atoms with Crippen LogP contribution in [0.3, 0.4) is 0 Å². The Morgan fingerprint density at radius 1 is 1.29 bits per heavy atom. The molecule has 1 atom stereocenters. The first-order chi connectivity index (χ1) is 7.23. The molecule has 0 spiro atoms. The smallest absolute Gasteiger partial charge is 0.368 e. The number of nitrogens with two attached hydrogens (primary N) is 2. The van der Waals surface area contributed by atoms with E-state index in [1.165, 1.54) is 0 Å². The van der Waals surface area contributed by atoms with E-state index < -0.39 is 35.1 Å². The van der Waals surface area contributed by atoms with Crippen molar-refractivity contribution in [2.24, 2.45) is 11.5 Å². The maximum Gasteiger partial charge on any atom is 0.416 e. The van der Waals surface area contributed by atoms with Crippen molar-refractivity contribution in [1.82, 2.24) is 0 Å². The van der Waals surface area contributed by atoms with E-state index in [-0.39, 0.29) is 18.5 Å². The Labute approximate surface area is 100 Å². The van der Waals surface area contributed by atoms with E-state index in [1.54, 1.807) is 0 Å². The largest absolute Gasteiger partial charge is 0.416 e. The SMILES string of the molecule is Cl.NC(=O)C(N)c1ccc(F)cc1C(F)(F)F. The lowest BCUT2D eigenvalue weighted by Gasteiger charge is -2.15. The molecule has 0 radical (unpaired) electrons. The van der Waals surface area contributed by atoms with Crippen molar-refractivity contribution in [2.75, 3.05) is 0 Å². The summed E-state index contributed by atoms with van der Waals surface area (Å²) in [6.45, 7) is 0. The third-order valence-electron chi connectivity index (χ3n) is 1.96. The zero-order valence-electron chi connectivity index (χ0n) is 8.29. The van der Waals surface area contributed by atoms with Crippen LogP contribution in [0.15, 0.2) is 18.2 Å². The molecule has 1 aromatic carbocycles. The number of primary amides is 1. The Hall–Kier alpha value is -1.34. The first kappa shape index (κ1) is 15.7. The highest BCUT2D eigenvalue weighted by Gasteiger charge is 2.36. The van der Waals surface area contributed by atoms with E-state index in [2.05, 4.69) is 0 Å². The van der Waals surface area contributed by atoms with Gasteiger partial charge in [-0.15, -0.1) is 12.4 Å². The van der Waals surface area contributed by atoms with Gasteiger partial charge in [0.2, 0.25) is 5.91 Å². The molecule has 1 aromatic rings. The van der Waals surface area contributed by atoms with Gasteiger partial charge in [-0.1, -0.05) is 6.07 Å². The highest BCUT2D eigenvalue weighted by molar-refractivity contribution is 5.85. The molecule has 1 unspecified atom stereocenters. The van der Waals surface area contributed by atoms with Gasteiger partial charge in [0.1, 0.15) is 11.9 Å². The number of benzene rings is 1. The summed E-state index contributed by atoms with van der Waals surface area (Å²) in [5.41, 5.74) is 8.15. The molecule has 8 heteroatoms. The summed E-state index contributed by atoms with van der Waals surface area (Å²) >= 11 is 0. The summed E-state index contributed by atoms with van der Waals surface area (Å²) in [6.07, 6.45) is -4.79. The van der Waals surface area contributed by atoms with Crippen LogP contribution >= 0.6 is 12.4 Å². The normalized spacial score (nSPS) is 12.8. The third-order valence-corrected chi connectivity index (χ3v) is 1.96. The molecule has 0 heterocycles. The summed E-state index contributed by atoms with van der Waals surface area (Å²) in [7, 11) is 0. The average Bonchev–Trinajstić information content (AvgIpc) is 2.15. The predicted octanol–water partition coefficient (Wildman–Crippen LogP) is 1.75. The zero-order valence-corrected chi connectivity index (χ0v) is 9.11. The van der Waals surface area contributed by atoms with Crippen molar-refractivity contribution >= 4 is 18.3 Å². The van der Waals surface area contributed by atoms with Gasteiger partial charge in [-0.05, 0) is 17.7 Å². The molecule has 0 aliphatic rings. The molecule has 1 amide bonds. The van der Waals surface area contributed by atoms with Crippen molar-refractivity contribution in [1.29, 1.82) is 0 Å². The Morgan fingerprint density at radius 2 is 1.82 bits per heavy atom. The van der Waals surface area contributed by atoms with Crippen LogP contribution in [0.5, 0.6) is 0 Å². The minimum Gasteiger partial charge on any atom is -0.368 e. The molecule has 1 rings (SSSR count). The van der Waals surface area contributed by atoms with Crippen molar-refractivity contribution in [3.63, 3.8) is 0 Å². The number of amides is 1. The maximum absolute atomic E-state index is 12.7. The Kier molecular flexibility index (Phi) is 4.91. The van der Waals surface area contributed by atoms with Gasteiger partial charge >= 0.3 is 6.18 Å². The molecule has 4 N–H and O–H groups in total. The lowest BCUT2D eigenvalue weighted by molar-refractivity contribution is -0.138. The van der Waals surface area contributed by atoms with Gasteiger partial charge in [-0.25, -0.2) is 4.39 Å². The van der Waals surface area contributed by atoms with Crippen LogP contribution < -0.4 is 11.5 Å². The van der Waals surface area contributed by atoms with Crippen LogP contribution in [0.2, 0.25) is 0 Å². The number of hydrogen-bond donors (Lipinski definition) is 2. The van der Waals surface area contributed by atoms with Crippen LogP contribution in [0.25, 0.3) is 0 Å². The number of halogens is 5. The number of hydrogen-bond acceptors (Lipinski definition) is 2. The Morgan fingerprint density at radius 3 is 2.24 bits per heavy atom. The summed E-state index contributed by atoms with van der Waals surface area (Å²) in [5.74, 6) is -2.18. The number of rotatable bonds is 2. The van der Waals surface area contributed by atoms with Crippen molar-refractivity contribution in [3.05, 3.63) is 35.1 Å². The quantitative estimate of drug-likeness (QED) is 0.805. The molecule has 0 fully saturated rings. The van der Waals surface area contributed by atoms with E-state index in [9.17, 15) is 22.4 Å². The van der Waals surface area contributed by atoms with Gasteiger partial charge in [0.25, 0.3) is 0 Å². The minimum absolute atomic E-state index is 0. The fraction of sp³-hybridized carbons (Fsp3) is 0.222. The first-order valence-corrected chi connectivity index (χ1v) is 4.15. The van der Waals surface area contributed by atoms with Gasteiger partial charge in [0.05, 0.1) is 5.56 Å². The second kappa shape index (κ2) is 5.33. The standard InChI is InChI=1S/C9H8F4N2O.ClH/c10-4-1-2-5(7(14)8(15)16)6(3-4)9(11,12)13;/h1-3,7H,14H2,(H2,15,16);1H. The lowest BCUT2D eigenvalue weighted by atomic mass is 10.00. The molecule has 0 saturated heterocycles. The molecule has 0 aliphatic heterocycles. The van der Waals surface area contributed by atoms with E-state index in [0.717, 1.165) is 12.1 Å². The van der Waals surface area contributed by atoms with Gasteiger partial charge in [0.15, 0.2) is 0 Å². The Bertz CT molecular complexity index is 422. The second-order valence-corrected chi connectivity index (χ2v) is 3.11. The number of carbonyl (C=O) groups excluding carboxylic acids is 1. The first-order valence-electron chi connectivity index (χ1n) is 4.15. The second-order valence-electron chi connectivity index (χ2n) is 3.11. The maximum atomic E-state index is 12.7. The molecular weight excluding hydrogens is 264 g/mol. The van der Waals surface area contributed by atoms with E-state index in [1.807, 2.05) is 0 Å². The third kappa shape index (κ3) is 3.57. The topological polar surface area (TPSA) is 69.1 Å². The van der Waals surface area contributed by atoms with Crippen molar-refractivity contribution in [2.45, 2.75) is 12.2 Å². The van der Waals surface area contributed by atoms with Gasteiger partial charge < -0.3 is 11.5 Å². The van der Waals surface area contributed by atoms with Crippen LogP contribution in [-0.4, -0.2) is 5.91 Å². The summed E-state index contributed by atoms with van der Waals surface area (Å²) in [4.78, 5) is 10.7. The number of alkyl halides is 3. The minimum atomic E-state index is -4.79. The summed E-state index contributed by atoms with van der Waals surface area (Å²) in [5, 5.41) is 0. The van der Waals surface area contributed by atoms with Gasteiger partial charge in [-0.2, -0.15) is 13.2 Å². The molecule has 3 nitrogen and oxygen atoms in total. The average molecular weight is 273 g/mol. The molecule has 0 aliphatic carbocycles. The monoisotopic (exact) mass is 272 g/mol. The highest BCUT2D eigenvalue weighted by atomic mass is 35.5. The lowest BCUT2D eigenvalue weighted by Crippen LogP contribution is -2.30.